The average Bonchev–Trinajstić information content (AvgIpc) is 2.52. The van der Waals surface area contributed by atoms with E-state index in [1.54, 1.807) is 0 Å². The number of nitrogens with zero attached hydrogens (tertiary/aromatic N) is 1. The first kappa shape index (κ1) is 19.4. The molecular formula is C17H29BrN2O2. The Morgan fingerprint density at radius 3 is 2.55 bits per heavy atom. The highest BCUT2D eigenvalue weighted by Gasteiger charge is 2.09. The number of unbranched alkanes of at least 4 members (excludes halogenated alkanes) is 2. The van der Waals surface area contributed by atoms with Gasteiger partial charge in [0.05, 0.1) is 12.3 Å². The van der Waals surface area contributed by atoms with Crippen molar-refractivity contribution in [3.8, 4) is 0 Å². The highest BCUT2D eigenvalue weighted by atomic mass is 79.9. The number of nitrogens with two attached hydrogens (primary N) is 1. The highest BCUT2D eigenvalue weighted by Crippen LogP contribution is 2.27. The molecule has 0 fully saturated rings. The summed E-state index contributed by atoms with van der Waals surface area (Å²) in [6.07, 6.45) is 2.85. The van der Waals surface area contributed by atoms with E-state index < -0.39 is 0 Å². The molecule has 0 bridgehead atoms. The number of hydrogen-bond donors (Lipinski definition) is 2. The summed E-state index contributed by atoms with van der Waals surface area (Å²) in [6, 6.07) is 4.18. The second-order valence-electron chi connectivity index (χ2n) is 5.45. The Balaban J connectivity index is 2.58. The molecule has 5 heteroatoms. The molecule has 1 aromatic rings. The van der Waals surface area contributed by atoms with Crippen molar-refractivity contribution >= 4 is 21.6 Å². The summed E-state index contributed by atoms with van der Waals surface area (Å²) in [5.74, 6) is 0. The Morgan fingerprint density at radius 1 is 1.18 bits per heavy atom. The van der Waals surface area contributed by atoms with E-state index in [9.17, 15) is 0 Å². The van der Waals surface area contributed by atoms with Gasteiger partial charge in [0.15, 0.2) is 0 Å². The minimum atomic E-state index is 0.264. The number of halogens is 1. The number of aliphatic hydroxyl groups excluding tert-OH is 1. The van der Waals surface area contributed by atoms with E-state index >= 15 is 0 Å². The maximum absolute atomic E-state index is 8.74. The monoisotopic (exact) mass is 372 g/mol. The lowest BCUT2D eigenvalue weighted by atomic mass is 10.1. The third-order valence-corrected chi connectivity index (χ3v) is 4.43. The molecule has 0 aromatic heterocycles. The van der Waals surface area contributed by atoms with Gasteiger partial charge in [0.1, 0.15) is 0 Å². The van der Waals surface area contributed by atoms with E-state index in [2.05, 4.69) is 40.7 Å². The van der Waals surface area contributed by atoms with E-state index in [4.69, 9.17) is 15.6 Å². The molecule has 0 aliphatic rings. The summed E-state index contributed by atoms with van der Waals surface area (Å²) >= 11 is 3.55. The van der Waals surface area contributed by atoms with Crippen LogP contribution >= 0.6 is 15.9 Å². The van der Waals surface area contributed by atoms with Crippen LogP contribution < -0.4 is 5.73 Å². The van der Waals surface area contributed by atoms with Gasteiger partial charge in [-0.05, 0) is 65.5 Å². The SMILES string of the molecule is CCN(CC)Cc1cc(COCCCCCO)cc(Br)c1N. The number of benzene rings is 1. The maximum Gasteiger partial charge on any atom is 0.0717 e. The minimum Gasteiger partial charge on any atom is -0.398 e. The molecular weight excluding hydrogens is 344 g/mol. The average molecular weight is 373 g/mol. The van der Waals surface area contributed by atoms with E-state index in [0.717, 1.165) is 66.8 Å². The second-order valence-corrected chi connectivity index (χ2v) is 6.30. The summed E-state index contributed by atoms with van der Waals surface area (Å²) in [7, 11) is 0. The lowest BCUT2D eigenvalue weighted by Gasteiger charge is -2.20. The van der Waals surface area contributed by atoms with Crippen molar-refractivity contribution in [3.05, 3.63) is 27.7 Å². The Hall–Kier alpha value is -0.620. The number of hydrogen-bond acceptors (Lipinski definition) is 4. The van der Waals surface area contributed by atoms with Crippen LogP contribution in [0.3, 0.4) is 0 Å². The molecule has 3 N–H and O–H groups in total. The fourth-order valence-electron chi connectivity index (χ4n) is 2.32. The highest BCUT2D eigenvalue weighted by molar-refractivity contribution is 9.10. The van der Waals surface area contributed by atoms with Gasteiger partial charge in [-0.25, -0.2) is 0 Å². The van der Waals surface area contributed by atoms with Crippen LogP contribution in [0.5, 0.6) is 0 Å². The molecule has 0 saturated carbocycles. The van der Waals surface area contributed by atoms with Crippen LogP contribution in [0.15, 0.2) is 16.6 Å². The van der Waals surface area contributed by atoms with Crippen LogP contribution in [0.25, 0.3) is 0 Å². The molecule has 126 valence electrons. The fraction of sp³-hybridized carbons (Fsp3) is 0.647. The second kappa shape index (κ2) is 11.0. The molecule has 0 aliphatic heterocycles. The molecule has 0 aliphatic carbocycles. The van der Waals surface area contributed by atoms with Crippen molar-refractivity contribution < 1.29 is 9.84 Å². The summed E-state index contributed by atoms with van der Waals surface area (Å²) in [4.78, 5) is 2.34. The first-order chi connectivity index (χ1) is 10.6. The van der Waals surface area contributed by atoms with E-state index in [1.807, 2.05) is 6.07 Å². The first-order valence-electron chi connectivity index (χ1n) is 8.10. The van der Waals surface area contributed by atoms with Gasteiger partial charge in [-0.1, -0.05) is 19.9 Å². The fourth-order valence-corrected chi connectivity index (χ4v) is 2.87. The van der Waals surface area contributed by atoms with Crippen molar-refractivity contribution in [1.82, 2.24) is 4.90 Å². The largest absolute Gasteiger partial charge is 0.398 e. The molecule has 4 nitrogen and oxygen atoms in total. The molecule has 0 atom stereocenters. The molecule has 1 rings (SSSR count). The Labute approximate surface area is 142 Å². The van der Waals surface area contributed by atoms with Gasteiger partial charge in [-0.3, -0.25) is 4.90 Å². The third-order valence-electron chi connectivity index (χ3n) is 3.78. The van der Waals surface area contributed by atoms with Gasteiger partial charge >= 0.3 is 0 Å². The van der Waals surface area contributed by atoms with Gasteiger partial charge in [0, 0.05) is 24.2 Å². The van der Waals surface area contributed by atoms with Crippen molar-refractivity contribution in [3.63, 3.8) is 0 Å². The molecule has 0 radical (unpaired) electrons. The van der Waals surface area contributed by atoms with Crippen LogP contribution in [-0.2, 0) is 17.9 Å². The summed E-state index contributed by atoms with van der Waals surface area (Å²) in [5, 5.41) is 8.74. The van der Waals surface area contributed by atoms with Gasteiger partial charge in [-0.15, -0.1) is 0 Å². The van der Waals surface area contributed by atoms with E-state index in [-0.39, 0.29) is 6.61 Å². The van der Waals surface area contributed by atoms with Crippen molar-refractivity contribution in [2.75, 3.05) is 32.0 Å². The lowest BCUT2D eigenvalue weighted by Crippen LogP contribution is -2.23. The van der Waals surface area contributed by atoms with Gasteiger partial charge in [-0.2, -0.15) is 0 Å². The van der Waals surface area contributed by atoms with Gasteiger partial charge < -0.3 is 15.6 Å². The lowest BCUT2D eigenvalue weighted by molar-refractivity contribution is 0.115. The zero-order valence-electron chi connectivity index (χ0n) is 13.8. The standard InChI is InChI=1S/C17H29BrN2O2/c1-3-20(4-2)12-15-10-14(11-16(18)17(15)19)13-22-9-7-5-6-8-21/h10-11,21H,3-9,12-13,19H2,1-2H3. The molecule has 0 heterocycles. The van der Waals surface area contributed by atoms with Crippen LogP contribution in [0.1, 0.15) is 44.2 Å². The van der Waals surface area contributed by atoms with Crippen molar-refractivity contribution in [1.29, 1.82) is 0 Å². The number of aliphatic hydroxyl groups is 1. The summed E-state index contributed by atoms with van der Waals surface area (Å²) in [5.41, 5.74) is 9.29. The topological polar surface area (TPSA) is 58.7 Å². The van der Waals surface area contributed by atoms with Crippen molar-refractivity contribution in [2.24, 2.45) is 0 Å². The van der Waals surface area contributed by atoms with Crippen LogP contribution in [0, 0.1) is 0 Å². The molecule has 22 heavy (non-hydrogen) atoms. The number of rotatable bonds is 11. The zero-order chi connectivity index (χ0) is 16.4. The normalized spacial score (nSPS) is 11.3. The quantitative estimate of drug-likeness (QED) is 0.460. The third kappa shape index (κ3) is 6.65. The summed E-state index contributed by atoms with van der Waals surface area (Å²) < 4.78 is 6.66. The number of nitrogen functional groups attached to an aromatic ring is 1. The molecule has 0 unspecified atom stereocenters. The Bertz CT molecular complexity index is 437. The molecule has 0 spiro atoms. The molecule has 1 aromatic carbocycles. The minimum absolute atomic E-state index is 0.264. The predicted molar refractivity (Wildman–Crippen MR) is 95.8 cm³/mol. The smallest absolute Gasteiger partial charge is 0.0717 e. The number of anilines is 1. The van der Waals surface area contributed by atoms with Gasteiger partial charge in [0.25, 0.3) is 0 Å². The van der Waals surface area contributed by atoms with Gasteiger partial charge in [0.2, 0.25) is 0 Å². The summed E-state index contributed by atoms with van der Waals surface area (Å²) in [6.45, 7) is 8.80. The van der Waals surface area contributed by atoms with E-state index in [0.29, 0.717) is 6.61 Å². The maximum atomic E-state index is 8.74. The van der Waals surface area contributed by atoms with Crippen molar-refractivity contribution in [2.45, 2.75) is 46.3 Å². The van der Waals surface area contributed by atoms with Crippen LogP contribution in [-0.4, -0.2) is 36.3 Å². The van der Waals surface area contributed by atoms with Crippen LogP contribution in [0.4, 0.5) is 5.69 Å². The first-order valence-corrected chi connectivity index (χ1v) is 8.89. The zero-order valence-corrected chi connectivity index (χ0v) is 15.4. The predicted octanol–water partition coefficient (Wildman–Crippen LogP) is 3.55. The van der Waals surface area contributed by atoms with E-state index in [1.165, 1.54) is 0 Å². The number of ether oxygens (including phenoxy) is 1. The molecule has 0 amide bonds. The Kier molecular flexibility index (Phi) is 9.71. The Morgan fingerprint density at radius 2 is 1.91 bits per heavy atom. The molecule has 0 saturated heterocycles. The van der Waals surface area contributed by atoms with Crippen LogP contribution in [0.2, 0.25) is 0 Å².